The largest absolute Gasteiger partial charge is 0.369 e. The lowest BCUT2D eigenvalue weighted by molar-refractivity contribution is 0.212. The topological polar surface area (TPSA) is 27.6 Å². The second kappa shape index (κ2) is 8.31. The molecule has 0 atom stereocenters. The first-order chi connectivity index (χ1) is 11.7. The van der Waals surface area contributed by atoms with Gasteiger partial charge in [0.15, 0.2) is 0 Å². The number of likely N-dealkylation sites (tertiary alicyclic amines) is 1. The zero-order chi connectivity index (χ0) is 18.6. The van der Waals surface area contributed by atoms with E-state index in [1.807, 2.05) is 13.8 Å². The molecular formula is C21H34FN3. The number of piperidine rings is 1. The van der Waals surface area contributed by atoms with E-state index in [4.69, 9.17) is 0 Å². The van der Waals surface area contributed by atoms with Crippen LogP contribution in [0.3, 0.4) is 0 Å². The van der Waals surface area contributed by atoms with Gasteiger partial charge >= 0.3 is 0 Å². The first kappa shape index (κ1) is 19.9. The lowest BCUT2D eigenvalue weighted by Gasteiger charge is -2.39. The summed E-state index contributed by atoms with van der Waals surface area (Å²) in [6.45, 7) is 15.8. The minimum absolute atomic E-state index is 0.0371. The SMILES string of the molecule is C=NC1=CCCC=C1/C(=C(/F)C(C)C)N1CCC(NC(C)(C)C)CC1. The first-order valence-electron chi connectivity index (χ1n) is 9.53. The van der Waals surface area contributed by atoms with Crippen LogP contribution in [-0.2, 0) is 0 Å². The molecule has 0 spiro atoms. The van der Waals surface area contributed by atoms with Crippen LogP contribution in [0.15, 0.2) is 39.9 Å². The highest BCUT2D eigenvalue weighted by molar-refractivity contribution is 5.51. The molecular weight excluding hydrogens is 313 g/mol. The number of halogens is 1. The lowest BCUT2D eigenvalue weighted by atomic mass is 9.94. The summed E-state index contributed by atoms with van der Waals surface area (Å²) >= 11 is 0. The van der Waals surface area contributed by atoms with Gasteiger partial charge < -0.3 is 10.2 Å². The minimum Gasteiger partial charge on any atom is -0.369 e. The van der Waals surface area contributed by atoms with Crippen molar-refractivity contribution in [1.82, 2.24) is 10.2 Å². The molecule has 1 aliphatic carbocycles. The van der Waals surface area contributed by atoms with Crippen LogP contribution in [0, 0.1) is 5.92 Å². The molecule has 0 saturated carbocycles. The van der Waals surface area contributed by atoms with Crippen molar-refractivity contribution in [3.63, 3.8) is 0 Å². The molecule has 1 fully saturated rings. The highest BCUT2D eigenvalue weighted by Crippen LogP contribution is 2.34. The van der Waals surface area contributed by atoms with Crippen molar-refractivity contribution < 1.29 is 4.39 Å². The van der Waals surface area contributed by atoms with E-state index >= 15 is 4.39 Å². The highest BCUT2D eigenvalue weighted by Gasteiger charge is 2.29. The molecule has 0 aromatic rings. The Morgan fingerprint density at radius 1 is 1.24 bits per heavy atom. The zero-order valence-corrected chi connectivity index (χ0v) is 16.5. The molecule has 3 nitrogen and oxygen atoms in total. The third-order valence-electron chi connectivity index (χ3n) is 4.74. The molecule has 0 amide bonds. The van der Waals surface area contributed by atoms with E-state index in [0.29, 0.717) is 6.04 Å². The van der Waals surface area contributed by atoms with Gasteiger partial charge in [-0.1, -0.05) is 26.0 Å². The fourth-order valence-electron chi connectivity index (χ4n) is 3.61. The van der Waals surface area contributed by atoms with E-state index in [-0.39, 0.29) is 17.3 Å². The average Bonchev–Trinajstić information content (AvgIpc) is 2.55. The van der Waals surface area contributed by atoms with Crippen molar-refractivity contribution in [3.05, 3.63) is 34.9 Å². The van der Waals surface area contributed by atoms with Gasteiger partial charge in [0, 0.05) is 36.2 Å². The summed E-state index contributed by atoms with van der Waals surface area (Å²) in [5.41, 5.74) is 2.60. The average molecular weight is 348 g/mol. The molecule has 1 saturated heterocycles. The summed E-state index contributed by atoms with van der Waals surface area (Å²) in [6, 6.07) is 0.493. The summed E-state index contributed by atoms with van der Waals surface area (Å²) in [6.07, 6.45) is 8.14. The van der Waals surface area contributed by atoms with Crippen LogP contribution in [-0.4, -0.2) is 36.3 Å². The molecule has 1 heterocycles. The fraction of sp³-hybridized carbons (Fsp3) is 0.667. The number of nitrogens with zero attached hydrogens (tertiary/aromatic N) is 2. The first-order valence-corrected chi connectivity index (χ1v) is 9.53. The van der Waals surface area contributed by atoms with Crippen LogP contribution in [0.5, 0.6) is 0 Å². The van der Waals surface area contributed by atoms with E-state index in [2.05, 4.69) is 54.8 Å². The van der Waals surface area contributed by atoms with Gasteiger partial charge in [-0.25, -0.2) is 4.39 Å². The summed E-state index contributed by atoms with van der Waals surface area (Å²) in [5.74, 6) is -0.167. The normalized spacial score (nSPS) is 21.0. The second-order valence-corrected chi connectivity index (χ2v) is 8.45. The molecule has 0 radical (unpaired) electrons. The van der Waals surface area contributed by atoms with E-state index in [0.717, 1.165) is 55.7 Å². The number of hydrogen-bond acceptors (Lipinski definition) is 3. The van der Waals surface area contributed by atoms with Crippen molar-refractivity contribution in [2.45, 2.75) is 71.9 Å². The molecule has 25 heavy (non-hydrogen) atoms. The minimum atomic E-state index is -0.130. The maximum Gasteiger partial charge on any atom is 0.126 e. The van der Waals surface area contributed by atoms with Crippen LogP contribution in [0.2, 0.25) is 0 Å². The predicted molar refractivity (Wildman–Crippen MR) is 105 cm³/mol. The van der Waals surface area contributed by atoms with Gasteiger partial charge in [-0.2, -0.15) is 0 Å². The number of allylic oxidation sites excluding steroid dienone is 3. The van der Waals surface area contributed by atoms with Gasteiger partial charge in [0.05, 0.1) is 11.4 Å². The summed E-state index contributed by atoms with van der Waals surface area (Å²) in [7, 11) is 0. The van der Waals surface area contributed by atoms with Gasteiger partial charge in [-0.3, -0.25) is 4.99 Å². The Bertz CT molecular complexity index is 570. The van der Waals surface area contributed by atoms with Crippen LogP contribution < -0.4 is 5.32 Å². The Labute approximate surface area is 152 Å². The van der Waals surface area contributed by atoms with Gasteiger partial charge in [0.25, 0.3) is 0 Å². The van der Waals surface area contributed by atoms with Gasteiger partial charge in [0.1, 0.15) is 5.83 Å². The predicted octanol–water partition coefficient (Wildman–Crippen LogP) is 4.98. The second-order valence-electron chi connectivity index (χ2n) is 8.45. The van der Waals surface area contributed by atoms with Gasteiger partial charge in [-0.15, -0.1) is 0 Å². The van der Waals surface area contributed by atoms with E-state index < -0.39 is 0 Å². The summed E-state index contributed by atoms with van der Waals surface area (Å²) in [5, 5.41) is 3.68. The van der Waals surface area contributed by atoms with Crippen molar-refractivity contribution in [3.8, 4) is 0 Å². The number of aliphatic imine (C=N–C) groups is 1. The molecule has 0 aromatic carbocycles. The summed E-state index contributed by atoms with van der Waals surface area (Å²) < 4.78 is 15.1. The Balaban J connectivity index is 2.22. The van der Waals surface area contributed by atoms with Crippen LogP contribution >= 0.6 is 0 Å². The molecule has 1 N–H and O–H groups in total. The number of hydrogen-bond donors (Lipinski definition) is 1. The molecule has 1 aliphatic heterocycles. The molecule has 0 unspecified atom stereocenters. The smallest absolute Gasteiger partial charge is 0.126 e. The monoisotopic (exact) mass is 347 g/mol. The molecule has 0 bridgehead atoms. The third-order valence-corrected chi connectivity index (χ3v) is 4.74. The Hall–Kier alpha value is -1.42. The molecule has 140 valence electrons. The molecule has 4 heteroatoms. The van der Waals surface area contributed by atoms with E-state index in [9.17, 15) is 0 Å². The zero-order valence-electron chi connectivity index (χ0n) is 16.5. The van der Waals surface area contributed by atoms with Crippen molar-refractivity contribution >= 4 is 6.72 Å². The standard InChI is InChI=1S/C21H34FN3/c1-15(2)19(22)20(17-9-7-8-10-18(17)23-6)25-13-11-16(12-14-25)24-21(3,4)5/h9-10,15-16,24H,6-8,11-14H2,1-5H3/b20-19-. The van der Waals surface area contributed by atoms with E-state index in [1.165, 1.54) is 0 Å². The quantitative estimate of drug-likeness (QED) is 0.710. The Morgan fingerprint density at radius 3 is 2.36 bits per heavy atom. The fourth-order valence-corrected chi connectivity index (χ4v) is 3.61. The van der Waals surface area contributed by atoms with Crippen molar-refractivity contribution in [2.24, 2.45) is 10.9 Å². The van der Waals surface area contributed by atoms with Crippen LogP contribution in [0.25, 0.3) is 0 Å². The van der Waals surface area contributed by atoms with Crippen molar-refractivity contribution in [2.75, 3.05) is 13.1 Å². The Morgan fingerprint density at radius 2 is 1.84 bits per heavy atom. The summed E-state index contributed by atoms with van der Waals surface area (Å²) in [4.78, 5) is 6.37. The molecule has 0 aromatic heterocycles. The van der Waals surface area contributed by atoms with Crippen LogP contribution in [0.4, 0.5) is 4.39 Å². The number of rotatable bonds is 5. The lowest BCUT2D eigenvalue weighted by Crippen LogP contribution is -2.49. The number of nitrogens with one attached hydrogen (secondary N) is 1. The Kier molecular flexibility index (Phi) is 6.61. The molecule has 2 aliphatic rings. The maximum absolute atomic E-state index is 15.1. The highest BCUT2D eigenvalue weighted by atomic mass is 19.1. The van der Waals surface area contributed by atoms with Gasteiger partial charge in [0.2, 0.25) is 0 Å². The third kappa shape index (κ3) is 5.27. The molecule has 2 rings (SSSR count). The van der Waals surface area contributed by atoms with Crippen molar-refractivity contribution in [1.29, 1.82) is 0 Å². The van der Waals surface area contributed by atoms with Crippen LogP contribution in [0.1, 0.15) is 60.3 Å². The van der Waals surface area contributed by atoms with E-state index in [1.54, 1.807) is 0 Å². The maximum atomic E-state index is 15.1. The van der Waals surface area contributed by atoms with Gasteiger partial charge in [-0.05, 0) is 53.2 Å².